The van der Waals surface area contributed by atoms with E-state index in [9.17, 15) is 18.0 Å². The van der Waals surface area contributed by atoms with Crippen LogP contribution < -0.4 is 9.62 Å². The lowest BCUT2D eigenvalue weighted by atomic mass is 10.1. The van der Waals surface area contributed by atoms with Crippen molar-refractivity contribution in [2.75, 3.05) is 22.5 Å². The molecule has 0 unspecified atom stereocenters. The lowest BCUT2D eigenvalue weighted by molar-refractivity contribution is 0.0526. The summed E-state index contributed by atoms with van der Waals surface area (Å²) in [6.45, 7) is 1.98. The van der Waals surface area contributed by atoms with Crippen LogP contribution in [-0.2, 0) is 21.3 Å². The van der Waals surface area contributed by atoms with Crippen LogP contribution in [0.2, 0.25) is 10.0 Å². The summed E-state index contributed by atoms with van der Waals surface area (Å²) in [6, 6.07) is 17.5. The Morgan fingerprint density at radius 1 is 0.941 bits per heavy atom. The van der Waals surface area contributed by atoms with Gasteiger partial charge in [0.1, 0.15) is 0 Å². The minimum absolute atomic E-state index is 0.0481. The van der Waals surface area contributed by atoms with Crippen molar-refractivity contribution in [3.63, 3.8) is 0 Å². The van der Waals surface area contributed by atoms with E-state index >= 15 is 0 Å². The van der Waals surface area contributed by atoms with Crippen LogP contribution in [0.5, 0.6) is 0 Å². The van der Waals surface area contributed by atoms with Crippen LogP contribution >= 0.6 is 23.2 Å². The summed E-state index contributed by atoms with van der Waals surface area (Å²) < 4.78 is 31.0. The summed E-state index contributed by atoms with van der Waals surface area (Å²) in [5.74, 6) is -0.959. The first-order valence-corrected chi connectivity index (χ1v) is 12.8. The second-order valence-electron chi connectivity index (χ2n) is 7.28. The summed E-state index contributed by atoms with van der Waals surface area (Å²) in [6.07, 6.45) is 1.10. The fourth-order valence-electron chi connectivity index (χ4n) is 3.11. The van der Waals surface area contributed by atoms with E-state index < -0.39 is 21.9 Å². The molecule has 0 saturated heterocycles. The summed E-state index contributed by atoms with van der Waals surface area (Å²) >= 11 is 12.4. The largest absolute Gasteiger partial charge is 0.462 e. The maximum atomic E-state index is 12.7. The normalized spacial score (nSPS) is 11.1. The van der Waals surface area contributed by atoms with E-state index in [1.165, 1.54) is 46.8 Å². The Kier molecular flexibility index (Phi) is 8.19. The molecule has 3 aromatic rings. The number of anilines is 2. The van der Waals surface area contributed by atoms with Gasteiger partial charge in [-0.25, -0.2) is 13.2 Å². The number of amides is 1. The Bertz CT molecular complexity index is 1310. The van der Waals surface area contributed by atoms with Gasteiger partial charge in [0, 0.05) is 10.6 Å². The topological polar surface area (TPSA) is 92.8 Å². The number of rotatable bonds is 8. The predicted octanol–water partition coefficient (Wildman–Crippen LogP) is 5.39. The lowest BCUT2D eigenvalue weighted by Gasteiger charge is -2.23. The van der Waals surface area contributed by atoms with Gasteiger partial charge in [0.25, 0.3) is 5.91 Å². The monoisotopic (exact) mass is 520 g/mol. The molecule has 0 saturated carbocycles. The molecule has 0 spiro atoms. The third-order valence-corrected chi connectivity index (χ3v) is 6.64. The van der Waals surface area contributed by atoms with Crippen molar-refractivity contribution < 1.29 is 22.7 Å². The molecule has 3 rings (SSSR count). The maximum absolute atomic E-state index is 12.7. The molecule has 3 aromatic carbocycles. The smallest absolute Gasteiger partial charge is 0.338 e. The summed E-state index contributed by atoms with van der Waals surface area (Å²) in [5, 5.41) is 3.31. The number of hydrogen-bond acceptors (Lipinski definition) is 5. The molecule has 0 bridgehead atoms. The molecule has 1 N–H and O–H groups in total. The number of esters is 1. The Morgan fingerprint density at radius 2 is 1.59 bits per heavy atom. The van der Waals surface area contributed by atoms with Crippen molar-refractivity contribution >= 4 is 56.5 Å². The van der Waals surface area contributed by atoms with E-state index in [-0.39, 0.29) is 23.7 Å². The molecule has 0 heterocycles. The van der Waals surface area contributed by atoms with Crippen LogP contribution in [0.3, 0.4) is 0 Å². The SMILES string of the molecule is CCOC(=O)c1ccc(NC(=O)c2ccc(N(Cc3ccccc3Cl)S(C)(=O)=O)cc2)c(Cl)c1. The van der Waals surface area contributed by atoms with Crippen molar-refractivity contribution in [3.05, 3.63) is 93.5 Å². The van der Waals surface area contributed by atoms with Crippen LogP contribution in [0.25, 0.3) is 0 Å². The third kappa shape index (κ3) is 6.28. The Balaban J connectivity index is 1.78. The molecule has 1 amide bonds. The van der Waals surface area contributed by atoms with E-state index in [1.807, 2.05) is 0 Å². The van der Waals surface area contributed by atoms with Gasteiger partial charge in [0.05, 0.1) is 41.4 Å². The number of carbonyl (C=O) groups is 2. The van der Waals surface area contributed by atoms with Crippen molar-refractivity contribution in [3.8, 4) is 0 Å². The predicted molar refractivity (Wildman–Crippen MR) is 134 cm³/mol. The molecular formula is C24H22Cl2N2O5S. The molecule has 7 nitrogen and oxygen atoms in total. The molecule has 34 heavy (non-hydrogen) atoms. The average molecular weight is 521 g/mol. The van der Waals surface area contributed by atoms with Crippen LogP contribution in [0.1, 0.15) is 33.2 Å². The fraction of sp³-hybridized carbons (Fsp3) is 0.167. The molecule has 0 atom stereocenters. The first kappa shape index (κ1) is 25.6. The molecule has 178 valence electrons. The zero-order valence-corrected chi connectivity index (χ0v) is 20.7. The minimum Gasteiger partial charge on any atom is -0.462 e. The third-order valence-electron chi connectivity index (χ3n) is 4.82. The lowest BCUT2D eigenvalue weighted by Crippen LogP contribution is -2.29. The number of benzene rings is 3. The summed E-state index contributed by atoms with van der Waals surface area (Å²) in [4.78, 5) is 24.5. The van der Waals surface area contributed by atoms with Crippen molar-refractivity contribution in [2.45, 2.75) is 13.5 Å². The van der Waals surface area contributed by atoms with E-state index in [0.29, 0.717) is 27.5 Å². The quantitative estimate of drug-likeness (QED) is 0.402. The van der Waals surface area contributed by atoms with Crippen molar-refractivity contribution in [1.29, 1.82) is 0 Å². The van der Waals surface area contributed by atoms with Gasteiger partial charge >= 0.3 is 5.97 Å². The zero-order chi connectivity index (χ0) is 24.9. The number of ether oxygens (including phenoxy) is 1. The molecule has 0 aliphatic rings. The molecule has 0 aromatic heterocycles. The highest BCUT2D eigenvalue weighted by atomic mass is 35.5. The standard InChI is InChI=1S/C24H22Cl2N2O5S/c1-3-33-24(30)17-10-13-22(21(26)14-17)27-23(29)16-8-11-19(12-9-16)28(34(2,31)32)15-18-6-4-5-7-20(18)25/h4-14H,3,15H2,1-2H3,(H,27,29). The van der Waals surface area contributed by atoms with Gasteiger partial charge in [-0.2, -0.15) is 0 Å². The summed E-state index contributed by atoms with van der Waals surface area (Å²) in [7, 11) is -3.62. The van der Waals surface area contributed by atoms with Gasteiger partial charge < -0.3 is 10.1 Å². The second-order valence-corrected chi connectivity index (χ2v) is 10.00. The number of halogens is 2. The zero-order valence-electron chi connectivity index (χ0n) is 18.4. The molecule has 0 aliphatic heterocycles. The molecule has 0 aliphatic carbocycles. The molecule has 10 heteroatoms. The highest BCUT2D eigenvalue weighted by molar-refractivity contribution is 7.92. The Labute approximate surface area is 208 Å². The Hall–Kier alpha value is -3.07. The molecular weight excluding hydrogens is 499 g/mol. The van der Waals surface area contributed by atoms with Crippen LogP contribution in [-0.4, -0.2) is 33.2 Å². The van der Waals surface area contributed by atoms with Gasteiger partial charge in [-0.15, -0.1) is 0 Å². The highest BCUT2D eigenvalue weighted by Gasteiger charge is 2.20. The highest BCUT2D eigenvalue weighted by Crippen LogP contribution is 2.26. The molecule has 0 fully saturated rings. The van der Waals surface area contributed by atoms with Gasteiger partial charge in [-0.05, 0) is 61.0 Å². The number of hydrogen-bond donors (Lipinski definition) is 1. The summed E-state index contributed by atoms with van der Waals surface area (Å²) in [5.41, 5.74) is 1.92. The van der Waals surface area contributed by atoms with Crippen LogP contribution in [0.15, 0.2) is 66.7 Å². The van der Waals surface area contributed by atoms with Crippen LogP contribution in [0, 0.1) is 0 Å². The van der Waals surface area contributed by atoms with E-state index in [2.05, 4.69) is 5.32 Å². The second kappa shape index (κ2) is 10.9. The maximum Gasteiger partial charge on any atom is 0.338 e. The average Bonchev–Trinajstić information content (AvgIpc) is 2.79. The van der Waals surface area contributed by atoms with Gasteiger partial charge in [0.2, 0.25) is 10.0 Å². The number of sulfonamides is 1. The minimum atomic E-state index is -3.62. The Morgan fingerprint density at radius 3 is 2.18 bits per heavy atom. The van der Waals surface area contributed by atoms with Gasteiger partial charge in [0.15, 0.2) is 0 Å². The van der Waals surface area contributed by atoms with Crippen LogP contribution in [0.4, 0.5) is 11.4 Å². The van der Waals surface area contributed by atoms with E-state index in [1.54, 1.807) is 31.2 Å². The van der Waals surface area contributed by atoms with E-state index in [0.717, 1.165) is 6.26 Å². The van der Waals surface area contributed by atoms with Gasteiger partial charge in [-0.3, -0.25) is 9.10 Å². The molecule has 0 radical (unpaired) electrons. The number of nitrogens with zero attached hydrogens (tertiary/aromatic N) is 1. The first-order chi connectivity index (χ1) is 16.1. The van der Waals surface area contributed by atoms with Crippen molar-refractivity contribution in [2.24, 2.45) is 0 Å². The first-order valence-electron chi connectivity index (χ1n) is 10.2. The fourth-order valence-corrected chi connectivity index (χ4v) is 4.41. The number of carbonyl (C=O) groups excluding carboxylic acids is 2. The van der Waals surface area contributed by atoms with Crippen molar-refractivity contribution in [1.82, 2.24) is 0 Å². The van der Waals surface area contributed by atoms with Gasteiger partial charge in [-0.1, -0.05) is 41.4 Å². The number of nitrogens with one attached hydrogen (secondary N) is 1. The van der Waals surface area contributed by atoms with E-state index in [4.69, 9.17) is 27.9 Å².